The predicted octanol–water partition coefficient (Wildman–Crippen LogP) is 9.52. The maximum atomic E-state index is 13.7. The van der Waals surface area contributed by atoms with Crippen molar-refractivity contribution in [3.63, 3.8) is 0 Å². The van der Waals surface area contributed by atoms with Crippen molar-refractivity contribution in [1.29, 1.82) is 0 Å². The minimum atomic E-state index is -0.533. The molecule has 0 bridgehead atoms. The van der Waals surface area contributed by atoms with Crippen molar-refractivity contribution in [3.05, 3.63) is 110 Å². The lowest BCUT2D eigenvalue weighted by atomic mass is 9.64. The second-order valence-corrected chi connectivity index (χ2v) is 15.1. The van der Waals surface area contributed by atoms with Crippen LogP contribution < -0.4 is 19.5 Å². The maximum absolute atomic E-state index is 13.7. The Morgan fingerprint density at radius 2 is 1.28 bits per heavy atom. The molecule has 47 heavy (non-hydrogen) atoms. The number of ketones is 2. The van der Waals surface area contributed by atoms with Gasteiger partial charge in [0.2, 0.25) is 0 Å². The summed E-state index contributed by atoms with van der Waals surface area (Å²) in [5.41, 5.74) is 5.36. The quantitative estimate of drug-likeness (QED) is 0.244. The SMILES string of the molecule is CCOc1cc(COc2c(Cl)cc(C3C4=C(CC(C)(C)CC4=O)NC4=C3C(=O)CC(C)(C)C4)cc2Cl)ccc1OCc1ccccc1. The summed E-state index contributed by atoms with van der Waals surface area (Å²) in [4.78, 5) is 27.4. The zero-order valence-corrected chi connectivity index (χ0v) is 29.1. The van der Waals surface area contributed by atoms with Gasteiger partial charge in [-0.25, -0.2) is 0 Å². The maximum Gasteiger partial charge on any atom is 0.162 e. The number of nitrogens with one attached hydrogen (secondary N) is 1. The van der Waals surface area contributed by atoms with E-state index in [1.807, 2.05) is 55.5 Å². The summed E-state index contributed by atoms with van der Waals surface area (Å²) in [7, 11) is 0. The number of hydrogen-bond acceptors (Lipinski definition) is 6. The van der Waals surface area contributed by atoms with E-state index in [4.69, 9.17) is 37.4 Å². The van der Waals surface area contributed by atoms with Crippen LogP contribution in [0, 0.1) is 10.8 Å². The molecule has 0 spiro atoms. The van der Waals surface area contributed by atoms with E-state index < -0.39 is 5.92 Å². The van der Waals surface area contributed by atoms with Crippen LogP contribution in [0.15, 0.2) is 83.2 Å². The monoisotopic (exact) mass is 673 g/mol. The summed E-state index contributed by atoms with van der Waals surface area (Å²) in [5, 5.41) is 4.18. The summed E-state index contributed by atoms with van der Waals surface area (Å²) in [6.45, 7) is 11.4. The molecule has 2 aliphatic carbocycles. The number of dihydropyridines is 1. The summed E-state index contributed by atoms with van der Waals surface area (Å²) in [6.07, 6.45) is 2.26. The average molecular weight is 675 g/mol. The Morgan fingerprint density at radius 1 is 0.702 bits per heavy atom. The van der Waals surface area contributed by atoms with Gasteiger partial charge in [-0.15, -0.1) is 0 Å². The van der Waals surface area contributed by atoms with Gasteiger partial charge < -0.3 is 19.5 Å². The summed E-state index contributed by atoms with van der Waals surface area (Å²) in [6, 6.07) is 19.2. The Morgan fingerprint density at radius 3 is 1.85 bits per heavy atom. The van der Waals surface area contributed by atoms with Crippen LogP contribution in [0.5, 0.6) is 17.2 Å². The third kappa shape index (κ3) is 7.09. The molecule has 246 valence electrons. The van der Waals surface area contributed by atoms with Gasteiger partial charge in [-0.05, 0) is 71.6 Å². The normalized spacial score (nSPS) is 18.8. The molecule has 6 nitrogen and oxygen atoms in total. The van der Waals surface area contributed by atoms with Crippen molar-refractivity contribution >= 4 is 34.8 Å². The van der Waals surface area contributed by atoms with Crippen LogP contribution in [0.1, 0.15) is 82.9 Å². The molecule has 0 amide bonds. The first-order valence-electron chi connectivity index (χ1n) is 16.2. The molecule has 8 heteroatoms. The van der Waals surface area contributed by atoms with Crippen molar-refractivity contribution in [3.8, 4) is 17.2 Å². The Bertz CT molecular complexity index is 1710. The van der Waals surface area contributed by atoms with Crippen LogP contribution in [-0.4, -0.2) is 18.2 Å². The fraction of sp³-hybridized carbons (Fsp3) is 0.385. The highest BCUT2D eigenvalue weighted by Crippen LogP contribution is 2.52. The summed E-state index contributed by atoms with van der Waals surface area (Å²) < 4.78 is 18.1. The van der Waals surface area contributed by atoms with Gasteiger partial charge in [0.05, 0.1) is 16.7 Å². The van der Waals surface area contributed by atoms with Gasteiger partial charge >= 0.3 is 0 Å². The van der Waals surface area contributed by atoms with Crippen LogP contribution in [0.25, 0.3) is 0 Å². The van der Waals surface area contributed by atoms with E-state index in [0.717, 1.165) is 35.4 Å². The number of carbonyl (C=O) groups excluding carboxylic acids is 2. The molecule has 3 aromatic carbocycles. The number of ether oxygens (including phenoxy) is 3. The molecule has 3 aliphatic rings. The summed E-state index contributed by atoms with van der Waals surface area (Å²) in [5.74, 6) is 1.17. The lowest BCUT2D eigenvalue weighted by Crippen LogP contribution is -2.42. The second-order valence-electron chi connectivity index (χ2n) is 14.3. The third-order valence-corrected chi connectivity index (χ3v) is 9.56. The summed E-state index contributed by atoms with van der Waals surface area (Å²) >= 11 is 13.7. The topological polar surface area (TPSA) is 73.9 Å². The Kier molecular flexibility index (Phi) is 9.21. The van der Waals surface area contributed by atoms with Gasteiger partial charge in [-0.3, -0.25) is 9.59 Å². The molecule has 0 radical (unpaired) electrons. The molecule has 3 aromatic rings. The Labute approximate surface area is 287 Å². The number of benzene rings is 3. The molecular weight excluding hydrogens is 633 g/mol. The molecule has 0 saturated carbocycles. The van der Waals surface area contributed by atoms with Gasteiger partial charge in [0.15, 0.2) is 28.8 Å². The Balaban J connectivity index is 1.27. The van der Waals surface area contributed by atoms with Crippen molar-refractivity contribution in [1.82, 2.24) is 5.32 Å². The van der Waals surface area contributed by atoms with Crippen molar-refractivity contribution < 1.29 is 23.8 Å². The first-order chi connectivity index (χ1) is 22.3. The van der Waals surface area contributed by atoms with E-state index >= 15 is 0 Å². The highest BCUT2D eigenvalue weighted by atomic mass is 35.5. The third-order valence-electron chi connectivity index (χ3n) is 9.00. The van der Waals surface area contributed by atoms with Gasteiger partial charge in [0, 0.05) is 41.3 Å². The highest BCUT2D eigenvalue weighted by Gasteiger charge is 2.46. The van der Waals surface area contributed by atoms with Crippen LogP contribution in [0.2, 0.25) is 10.0 Å². The van der Waals surface area contributed by atoms with Crippen LogP contribution in [0.3, 0.4) is 0 Å². The zero-order chi connectivity index (χ0) is 33.5. The standard InChI is InChI=1S/C39H41Cl2NO5/c1-6-45-33-14-24(12-13-32(33)46-21-23-10-8-7-9-11-23)22-47-37-26(40)15-25(16-27(37)41)34-35-28(17-38(2,3)19-30(35)43)42-29-18-39(4,5)20-31(44)36(29)34/h7-16,34,42H,6,17-22H2,1-5H3. The van der Waals surface area contributed by atoms with Crippen LogP contribution in [0.4, 0.5) is 0 Å². The first kappa shape index (κ1) is 33.2. The fourth-order valence-electron chi connectivity index (χ4n) is 7.03. The number of halogens is 2. The smallest absolute Gasteiger partial charge is 0.162 e. The first-order valence-corrected chi connectivity index (χ1v) is 16.9. The second kappa shape index (κ2) is 13.0. The molecule has 0 aromatic heterocycles. The molecule has 0 saturated heterocycles. The zero-order valence-electron chi connectivity index (χ0n) is 27.6. The molecule has 6 rings (SSSR count). The predicted molar refractivity (Wildman–Crippen MR) is 185 cm³/mol. The van der Waals surface area contributed by atoms with Gasteiger partial charge in [0.25, 0.3) is 0 Å². The molecule has 0 fully saturated rings. The van der Waals surface area contributed by atoms with E-state index in [-0.39, 0.29) is 29.0 Å². The minimum Gasteiger partial charge on any atom is -0.490 e. The molecule has 1 aliphatic heterocycles. The van der Waals surface area contributed by atoms with E-state index in [1.54, 1.807) is 12.1 Å². The fourth-order valence-corrected chi connectivity index (χ4v) is 7.64. The van der Waals surface area contributed by atoms with Gasteiger partial charge in [-0.1, -0.05) is 87.3 Å². The van der Waals surface area contributed by atoms with Crippen LogP contribution in [-0.2, 0) is 22.8 Å². The Hall–Kier alpha value is -3.74. The minimum absolute atomic E-state index is 0.0480. The van der Waals surface area contributed by atoms with Crippen molar-refractivity contribution in [2.75, 3.05) is 6.61 Å². The number of Topliss-reactive ketones (excluding diaryl/α,β-unsaturated/α-hetero) is 2. The van der Waals surface area contributed by atoms with Gasteiger partial charge in [0.1, 0.15) is 13.2 Å². The molecule has 0 atom stereocenters. The largest absolute Gasteiger partial charge is 0.490 e. The highest BCUT2D eigenvalue weighted by molar-refractivity contribution is 6.37. The van der Waals surface area contributed by atoms with E-state index in [1.165, 1.54) is 0 Å². The van der Waals surface area contributed by atoms with E-state index in [0.29, 0.717) is 70.1 Å². The molecular formula is C39H41Cl2NO5. The lowest BCUT2D eigenvalue weighted by Gasteiger charge is -2.44. The van der Waals surface area contributed by atoms with Crippen molar-refractivity contribution in [2.24, 2.45) is 10.8 Å². The number of rotatable bonds is 9. The van der Waals surface area contributed by atoms with Crippen molar-refractivity contribution in [2.45, 2.75) is 79.4 Å². The molecule has 0 unspecified atom stereocenters. The number of carbonyl (C=O) groups is 2. The van der Waals surface area contributed by atoms with E-state index in [2.05, 4.69) is 33.0 Å². The lowest BCUT2D eigenvalue weighted by molar-refractivity contribution is -0.119. The number of hydrogen-bond donors (Lipinski definition) is 1. The number of allylic oxidation sites excluding steroid dienone is 4. The van der Waals surface area contributed by atoms with Gasteiger partial charge in [-0.2, -0.15) is 0 Å². The van der Waals surface area contributed by atoms with E-state index in [9.17, 15) is 9.59 Å². The molecule has 1 N–H and O–H groups in total. The van der Waals surface area contributed by atoms with Crippen LogP contribution >= 0.6 is 23.2 Å². The molecule has 1 heterocycles. The average Bonchev–Trinajstić information content (AvgIpc) is 2.98.